The van der Waals surface area contributed by atoms with Gasteiger partial charge in [-0.3, -0.25) is 4.68 Å². The quantitative estimate of drug-likeness (QED) is 0.724. The lowest BCUT2D eigenvalue weighted by atomic mass is 10.1. The molecule has 0 aromatic carbocycles. The highest BCUT2D eigenvalue weighted by Gasteiger charge is 2.14. The summed E-state index contributed by atoms with van der Waals surface area (Å²) >= 11 is 0. The number of aromatic nitrogens is 2. The minimum absolute atomic E-state index is 0.344. The summed E-state index contributed by atoms with van der Waals surface area (Å²) in [5, 5.41) is 7.48. The number of hydrogen-bond donors (Lipinski definition) is 1. The second-order valence-electron chi connectivity index (χ2n) is 3.39. The standard InChI is InChI=1S/C9H15N3O/c1-12-7-4-9(11-12)13-8-2-5-10-6-3-8/h4,7-8,10H,2-3,5-6H2,1H3. The Balaban J connectivity index is 1.89. The van der Waals surface area contributed by atoms with E-state index in [4.69, 9.17) is 4.74 Å². The second-order valence-corrected chi connectivity index (χ2v) is 3.39. The number of aryl methyl sites for hydroxylation is 1. The Morgan fingerprint density at radius 3 is 2.92 bits per heavy atom. The number of rotatable bonds is 2. The maximum atomic E-state index is 5.70. The van der Waals surface area contributed by atoms with Crippen LogP contribution in [-0.4, -0.2) is 29.0 Å². The highest BCUT2D eigenvalue weighted by molar-refractivity contribution is 5.06. The van der Waals surface area contributed by atoms with Gasteiger partial charge in [-0.2, -0.15) is 0 Å². The van der Waals surface area contributed by atoms with Crippen molar-refractivity contribution in [1.29, 1.82) is 0 Å². The van der Waals surface area contributed by atoms with Crippen LogP contribution in [0.2, 0.25) is 0 Å². The summed E-state index contributed by atoms with van der Waals surface area (Å²) in [5.74, 6) is 0.745. The third kappa shape index (κ3) is 2.21. The van der Waals surface area contributed by atoms with Gasteiger partial charge in [-0.15, -0.1) is 5.10 Å². The van der Waals surface area contributed by atoms with E-state index in [0.717, 1.165) is 31.8 Å². The molecular formula is C9H15N3O. The van der Waals surface area contributed by atoms with Crippen molar-refractivity contribution in [1.82, 2.24) is 15.1 Å². The van der Waals surface area contributed by atoms with E-state index in [1.54, 1.807) is 4.68 Å². The Kier molecular flexibility index (Phi) is 2.49. The van der Waals surface area contributed by atoms with Gasteiger partial charge in [0.05, 0.1) is 0 Å². The maximum absolute atomic E-state index is 5.70. The zero-order valence-corrected chi connectivity index (χ0v) is 7.86. The topological polar surface area (TPSA) is 39.1 Å². The molecule has 1 aromatic heterocycles. The molecule has 4 nitrogen and oxygen atoms in total. The molecule has 2 rings (SSSR count). The van der Waals surface area contributed by atoms with Crippen LogP contribution in [0.4, 0.5) is 0 Å². The van der Waals surface area contributed by atoms with Gasteiger partial charge < -0.3 is 10.1 Å². The van der Waals surface area contributed by atoms with Crippen LogP contribution in [0.5, 0.6) is 5.88 Å². The van der Waals surface area contributed by atoms with E-state index in [9.17, 15) is 0 Å². The van der Waals surface area contributed by atoms with Crippen LogP contribution in [0.15, 0.2) is 12.3 Å². The van der Waals surface area contributed by atoms with E-state index in [0.29, 0.717) is 6.10 Å². The minimum atomic E-state index is 0.344. The highest BCUT2D eigenvalue weighted by atomic mass is 16.5. The largest absolute Gasteiger partial charge is 0.473 e. The van der Waals surface area contributed by atoms with Crippen molar-refractivity contribution < 1.29 is 4.74 Å². The average molecular weight is 181 g/mol. The van der Waals surface area contributed by atoms with Gasteiger partial charge in [-0.1, -0.05) is 0 Å². The first-order chi connectivity index (χ1) is 6.34. The molecule has 2 heterocycles. The van der Waals surface area contributed by atoms with E-state index >= 15 is 0 Å². The van der Waals surface area contributed by atoms with Crippen LogP contribution in [0.25, 0.3) is 0 Å². The lowest BCUT2D eigenvalue weighted by Gasteiger charge is -2.22. The van der Waals surface area contributed by atoms with Crippen LogP contribution < -0.4 is 10.1 Å². The summed E-state index contributed by atoms with van der Waals surface area (Å²) in [6.45, 7) is 2.11. The fourth-order valence-corrected chi connectivity index (χ4v) is 1.54. The molecule has 0 amide bonds. The van der Waals surface area contributed by atoms with Gasteiger partial charge in [-0.05, 0) is 25.9 Å². The normalized spacial score (nSPS) is 18.8. The van der Waals surface area contributed by atoms with Crippen molar-refractivity contribution in [3.05, 3.63) is 12.3 Å². The summed E-state index contributed by atoms with van der Waals surface area (Å²) < 4.78 is 7.46. The molecule has 72 valence electrons. The molecule has 1 aliphatic rings. The predicted molar refractivity (Wildman–Crippen MR) is 49.7 cm³/mol. The molecule has 0 aliphatic carbocycles. The van der Waals surface area contributed by atoms with Crippen molar-refractivity contribution in [3.63, 3.8) is 0 Å². The second kappa shape index (κ2) is 3.79. The molecule has 1 fully saturated rings. The van der Waals surface area contributed by atoms with Crippen LogP contribution in [0, 0.1) is 0 Å². The molecule has 0 bridgehead atoms. The molecular weight excluding hydrogens is 166 g/mol. The van der Waals surface area contributed by atoms with Gasteiger partial charge >= 0.3 is 0 Å². The van der Waals surface area contributed by atoms with Crippen molar-refractivity contribution >= 4 is 0 Å². The Bertz CT molecular complexity index is 266. The Labute approximate surface area is 77.9 Å². The predicted octanol–water partition coefficient (Wildman–Crippen LogP) is 0.551. The number of piperidine rings is 1. The van der Waals surface area contributed by atoms with Gasteiger partial charge in [-0.25, -0.2) is 0 Å². The Morgan fingerprint density at radius 1 is 1.54 bits per heavy atom. The molecule has 0 atom stereocenters. The molecule has 0 radical (unpaired) electrons. The van der Waals surface area contributed by atoms with Gasteiger partial charge in [0.1, 0.15) is 6.10 Å². The molecule has 1 saturated heterocycles. The van der Waals surface area contributed by atoms with Crippen molar-refractivity contribution in [2.24, 2.45) is 7.05 Å². The number of ether oxygens (including phenoxy) is 1. The highest BCUT2D eigenvalue weighted by Crippen LogP contribution is 2.13. The fraction of sp³-hybridized carbons (Fsp3) is 0.667. The summed E-state index contributed by atoms with van der Waals surface area (Å²) in [5.41, 5.74) is 0. The van der Waals surface area contributed by atoms with Gasteiger partial charge in [0.15, 0.2) is 0 Å². The number of hydrogen-bond acceptors (Lipinski definition) is 3. The molecule has 1 aliphatic heterocycles. The zero-order valence-electron chi connectivity index (χ0n) is 7.86. The Hall–Kier alpha value is -1.03. The van der Waals surface area contributed by atoms with E-state index in [1.165, 1.54) is 0 Å². The molecule has 13 heavy (non-hydrogen) atoms. The van der Waals surface area contributed by atoms with Crippen molar-refractivity contribution in [2.75, 3.05) is 13.1 Å². The first kappa shape index (κ1) is 8.56. The SMILES string of the molecule is Cn1ccc(OC2CCNCC2)n1. The molecule has 0 spiro atoms. The summed E-state index contributed by atoms with van der Waals surface area (Å²) in [6.07, 6.45) is 4.40. The van der Waals surface area contributed by atoms with E-state index in [-0.39, 0.29) is 0 Å². The first-order valence-electron chi connectivity index (χ1n) is 4.71. The smallest absolute Gasteiger partial charge is 0.232 e. The minimum Gasteiger partial charge on any atom is -0.473 e. The lowest BCUT2D eigenvalue weighted by Crippen LogP contribution is -2.34. The number of nitrogens with one attached hydrogen (secondary N) is 1. The summed E-state index contributed by atoms with van der Waals surface area (Å²) in [7, 11) is 1.90. The fourth-order valence-electron chi connectivity index (χ4n) is 1.54. The monoisotopic (exact) mass is 181 g/mol. The maximum Gasteiger partial charge on any atom is 0.232 e. The molecule has 0 saturated carbocycles. The van der Waals surface area contributed by atoms with Crippen LogP contribution >= 0.6 is 0 Å². The molecule has 0 unspecified atom stereocenters. The van der Waals surface area contributed by atoms with Crippen molar-refractivity contribution in [3.8, 4) is 5.88 Å². The van der Waals surface area contributed by atoms with E-state index in [1.807, 2.05) is 19.3 Å². The molecule has 1 N–H and O–H groups in total. The van der Waals surface area contributed by atoms with Gasteiger partial charge in [0, 0.05) is 19.3 Å². The van der Waals surface area contributed by atoms with Crippen LogP contribution in [0.3, 0.4) is 0 Å². The van der Waals surface area contributed by atoms with E-state index < -0.39 is 0 Å². The number of nitrogens with zero attached hydrogens (tertiary/aromatic N) is 2. The van der Waals surface area contributed by atoms with Crippen LogP contribution in [0.1, 0.15) is 12.8 Å². The average Bonchev–Trinajstić information content (AvgIpc) is 2.53. The lowest BCUT2D eigenvalue weighted by molar-refractivity contribution is 0.155. The summed E-state index contributed by atoms with van der Waals surface area (Å²) in [6, 6.07) is 1.90. The van der Waals surface area contributed by atoms with Gasteiger partial charge in [0.25, 0.3) is 0 Å². The summed E-state index contributed by atoms with van der Waals surface area (Å²) in [4.78, 5) is 0. The van der Waals surface area contributed by atoms with Gasteiger partial charge in [0.2, 0.25) is 5.88 Å². The zero-order chi connectivity index (χ0) is 9.10. The molecule has 4 heteroatoms. The third-order valence-electron chi connectivity index (χ3n) is 2.26. The molecule has 1 aromatic rings. The first-order valence-corrected chi connectivity index (χ1v) is 4.71. The van der Waals surface area contributed by atoms with Crippen LogP contribution in [-0.2, 0) is 7.05 Å². The Morgan fingerprint density at radius 2 is 2.31 bits per heavy atom. The van der Waals surface area contributed by atoms with E-state index in [2.05, 4.69) is 10.4 Å². The van der Waals surface area contributed by atoms with Crippen molar-refractivity contribution in [2.45, 2.75) is 18.9 Å². The third-order valence-corrected chi connectivity index (χ3v) is 2.26.